The summed E-state index contributed by atoms with van der Waals surface area (Å²) in [5.74, 6) is -0.595. The third-order valence-corrected chi connectivity index (χ3v) is 3.17. The SMILES string of the molecule is O=[N+]([O-])c1ccc(OC(F)(F)F)c(-c2ccc(Cl)cc2Cl)c1. The monoisotopic (exact) mass is 351 g/mol. The molecule has 0 unspecified atom stereocenters. The van der Waals surface area contributed by atoms with Crippen LogP contribution in [0.3, 0.4) is 0 Å². The summed E-state index contributed by atoms with van der Waals surface area (Å²) in [6.07, 6.45) is -4.94. The molecule has 2 rings (SSSR count). The van der Waals surface area contributed by atoms with E-state index in [1.807, 2.05) is 0 Å². The van der Waals surface area contributed by atoms with Crippen molar-refractivity contribution in [2.75, 3.05) is 0 Å². The molecule has 2 aromatic rings. The molecule has 22 heavy (non-hydrogen) atoms. The van der Waals surface area contributed by atoms with Gasteiger partial charge in [-0.05, 0) is 18.2 Å². The minimum atomic E-state index is -4.94. The number of halogens is 5. The molecule has 0 aromatic heterocycles. The van der Waals surface area contributed by atoms with E-state index in [1.54, 1.807) is 0 Å². The molecule has 0 saturated carbocycles. The Hall–Kier alpha value is -1.99. The van der Waals surface area contributed by atoms with E-state index >= 15 is 0 Å². The van der Waals surface area contributed by atoms with E-state index < -0.39 is 22.7 Å². The van der Waals surface area contributed by atoms with Gasteiger partial charge in [0.1, 0.15) is 5.75 Å². The van der Waals surface area contributed by atoms with Crippen molar-refractivity contribution in [1.82, 2.24) is 0 Å². The summed E-state index contributed by atoms with van der Waals surface area (Å²) in [5, 5.41) is 11.1. The summed E-state index contributed by atoms with van der Waals surface area (Å²) in [4.78, 5) is 10.1. The Balaban J connectivity index is 2.63. The van der Waals surface area contributed by atoms with Gasteiger partial charge < -0.3 is 4.74 Å². The Morgan fingerprint density at radius 3 is 2.27 bits per heavy atom. The molecule has 0 N–H and O–H groups in total. The van der Waals surface area contributed by atoms with Crippen LogP contribution in [-0.2, 0) is 0 Å². The molecule has 0 saturated heterocycles. The fourth-order valence-corrected chi connectivity index (χ4v) is 2.27. The molecule has 116 valence electrons. The van der Waals surface area contributed by atoms with E-state index in [9.17, 15) is 23.3 Å². The maximum atomic E-state index is 12.5. The summed E-state index contributed by atoms with van der Waals surface area (Å²) in [6, 6.07) is 6.80. The molecule has 0 aliphatic heterocycles. The van der Waals surface area contributed by atoms with E-state index in [-0.39, 0.29) is 21.2 Å². The van der Waals surface area contributed by atoms with Gasteiger partial charge in [0.15, 0.2) is 0 Å². The fraction of sp³-hybridized carbons (Fsp3) is 0.0769. The van der Waals surface area contributed by atoms with Crippen LogP contribution in [0.15, 0.2) is 36.4 Å². The Bertz CT molecular complexity index is 735. The van der Waals surface area contributed by atoms with Crippen LogP contribution in [0, 0.1) is 10.1 Å². The van der Waals surface area contributed by atoms with Gasteiger partial charge in [0.25, 0.3) is 5.69 Å². The molecule has 2 aromatic carbocycles. The molecular weight excluding hydrogens is 346 g/mol. The molecule has 0 bridgehead atoms. The van der Waals surface area contributed by atoms with Crippen molar-refractivity contribution in [3.8, 4) is 16.9 Å². The third kappa shape index (κ3) is 3.80. The molecule has 0 aliphatic rings. The van der Waals surface area contributed by atoms with Crippen molar-refractivity contribution in [2.24, 2.45) is 0 Å². The largest absolute Gasteiger partial charge is 0.573 e. The van der Waals surface area contributed by atoms with Crippen LogP contribution >= 0.6 is 23.2 Å². The maximum absolute atomic E-state index is 12.5. The van der Waals surface area contributed by atoms with Gasteiger partial charge in [0, 0.05) is 28.3 Å². The van der Waals surface area contributed by atoms with Crippen LogP contribution in [0.5, 0.6) is 5.75 Å². The number of hydrogen-bond acceptors (Lipinski definition) is 3. The molecule has 0 radical (unpaired) electrons. The van der Waals surface area contributed by atoms with Gasteiger partial charge >= 0.3 is 6.36 Å². The Kier molecular flexibility index (Phi) is 4.48. The average molecular weight is 352 g/mol. The number of alkyl halides is 3. The van der Waals surface area contributed by atoms with Crippen molar-refractivity contribution in [1.29, 1.82) is 0 Å². The van der Waals surface area contributed by atoms with Crippen molar-refractivity contribution in [3.63, 3.8) is 0 Å². The summed E-state index contributed by atoms with van der Waals surface area (Å²) in [6.45, 7) is 0. The second-order valence-corrected chi connectivity index (χ2v) is 4.95. The lowest BCUT2D eigenvalue weighted by molar-refractivity contribution is -0.384. The highest BCUT2D eigenvalue weighted by Crippen LogP contribution is 2.40. The minimum absolute atomic E-state index is 0.0417. The minimum Gasteiger partial charge on any atom is -0.405 e. The van der Waals surface area contributed by atoms with Crippen molar-refractivity contribution in [2.45, 2.75) is 6.36 Å². The molecule has 0 heterocycles. The second-order valence-electron chi connectivity index (χ2n) is 4.11. The summed E-state index contributed by atoms with van der Waals surface area (Å²) >= 11 is 11.7. The maximum Gasteiger partial charge on any atom is 0.573 e. The lowest BCUT2D eigenvalue weighted by atomic mass is 10.0. The normalized spacial score (nSPS) is 11.3. The van der Waals surface area contributed by atoms with Crippen molar-refractivity contribution >= 4 is 28.9 Å². The number of nitro groups is 1. The molecule has 0 fully saturated rings. The first-order chi connectivity index (χ1) is 10.2. The lowest BCUT2D eigenvalue weighted by Gasteiger charge is -2.14. The lowest BCUT2D eigenvalue weighted by Crippen LogP contribution is -2.17. The van der Waals surface area contributed by atoms with Gasteiger partial charge in [-0.15, -0.1) is 13.2 Å². The van der Waals surface area contributed by atoms with Crippen LogP contribution in [0.4, 0.5) is 18.9 Å². The third-order valence-electron chi connectivity index (χ3n) is 2.62. The highest BCUT2D eigenvalue weighted by molar-refractivity contribution is 6.36. The van der Waals surface area contributed by atoms with E-state index in [2.05, 4.69) is 4.74 Å². The van der Waals surface area contributed by atoms with Crippen LogP contribution in [0.2, 0.25) is 10.0 Å². The van der Waals surface area contributed by atoms with Gasteiger partial charge in [0.05, 0.1) is 9.95 Å². The van der Waals surface area contributed by atoms with Crippen LogP contribution in [0.25, 0.3) is 11.1 Å². The summed E-state index contributed by atoms with van der Waals surface area (Å²) in [7, 11) is 0. The quantitative estimate of drug-likeness (QED) is 0.544. The number of hydrogen-bond donors (Lipinski definition) is 0. The van der Waals surface area contributed by atoms with Crippen molar-refractivity contribution in [3.05, 3.63) is 56.6 Å². The molecule has 0 amide bonds. The predicted octanol–water partition coefficient (Wildman–Crippen LogP) is 5.47. The van der Waals surface area contributed by atoms with Crippen LogP contribution in [-0.4, -0.2) is 11.3 Å². The first kappa shape index (κ1) is 16.4. The van der Waals surface area contributed by atoms with Gasteiger partial charge in [-0.3, -0.25) is 10.1 Å². The van der Waals surface area contributed by atoms with E-state index in [4.69, 9.17) is 23.2 Å². The topological polar surface area (TPSA) is 52.4 Å². The summed E-state index contributed by atoms with van der Waals surface area (Å²) < 4.78 is 41.2. The fourth-order valence-electron chi connectivity index (χ4n) is 1.76. The highest BCUT2D eigenvalue weighted by atomic mass is 35.5. The smallest absolute Gasteiger partial charge is 0.405 e. The Morgan fingerprint density at radius 2 is 1.73 bits per heavy atom. The zero-order valence-corrected chi connectivity index (χ0v) is 12.0. The van der Waals surface area contributed by atoms with Crippen LogP contribution in [0.1, 0.15) is 0 Å². The van der Waals surface area contributed by atoms with E-state index in [1.165, 1.54) is 18.2 Å². The number of nitro benzene ring substituents is 1. The molecular formula is C13H6Cl2F3NO3. The number of benzene rings is 2. The molecule has 0 aliphatic carbocycles. The number of non-ortho nitro benzene ring substituents is 1. The number of ether oxygens (including phenoxy) is 1. The Labute approximate surface area is 132 Å². The number of rotatable bonds is 3. The van der Waals surface area contributed by atoms with Crippen molar-refractivity contribution < 1.29 is 22.8 Å². The Morgan fingerprint density at radius 1 is 1.05 bits per heavy atom. The zero-order chi connectivity index (χ0) is 16.5. The molecule has 0 atom stereocenters. The highest BCUT2D eigenvalue weighted by Gasteiger charge is 2.33. The standard InChI is InChI=1S/C13H6Cl2F3NO3/c14-7-1-3-9(11(15)5-7)10-6-8(19(20)21)2-4-12(10)22-13(16,17)18/h1-6H. The molecule has 4 nitrogen and oxygen atoms in total. The van der Waals surface area contributed by atoms with Gasteiger partial charge in [-0.25, -0.2) is 0 Å². The first-order valence-electron chi connectivity index (χ1n) is 5.67. The van der Waals surface area contributed by atoms with E-state index in [0.717, 1.165) is 18.2 Å². The zero-order valence-electron chi connectivity index (χ0n) is 10.5. The molecule has 0 spiro atoms. The van der Waals surface area contributed by atoms with Gasteiger partial charge in [-0.2, -0.15) is 0 Å². The second kappa shape index (κ2) is 6.02. The molecule has 9 heteroatoms. The van der Waals surface area contributed by atoms with Crippen LogP contribution < -0.4 is 4.74 Å². The number of nitrogens with zero attached hydrogens (tertiary/aromatic N) is 1. The van der Waals surface area contributed by atoms with Gasteiger partial charge in [0.2, 0.25) is 0 Å². The predicted molar refractivity (Wildman–Crippen MR) is 75.2 cm³/mol. The summed E-state index contributed by atoms with van der Waals surface area (Å²) in [5.41, 5.74) is -0.419. The first-order valence-corrected chi connectivity index (χ1v) is 6.42. The average Bonchev–Trinajstić information content (AvgIpc) is 2.37. The van der Waals surface area contributed by atoms with Gasteiger partial charge in [-0.1, -0.05) is 29.3 Å². The van der Waals surface area contributed by atoms with E-state index in [0.29, 0.717) is 0 Å².